The van der Waals surface area contributed by atoms with E-state index in [0.717, 1.165) is 24.0 Å². The van der Waals surface area contributed by atoms with Crippen molar-refractivity contribution in [3.8, 4) is 5.75 Å². The Morgan fingerprint density at radius 2 is 1.97 bits per heavy atom. The predicted octanol–water partition coefficient (Wildman–Crippen LogP) is 3.95. The lowest BCUT2D eigenvalue weighted by Gasteiger charge is -2.39. The number of hydrogen-bond acceptors (Lipinski definition) is 3. The molecular weight excluding hydrogens is 366 g/mol. The molecule has 1 heterocycles. The van der Waals surface area contributed by atoms with Crippen molar-refractivity contribution in [2.45, 2.75) is 33.2 Å². The average molecular weight is 396 g/mol. The first kappa shape index (κ1) is 20.7. The van der Waals surface area contributed by atoms with Crippen molar-refractivity contribution < 1.29 is 14.3 Å². The van der Waals surface area contributed by atoms with Gasteiger partial charge < -0.3 is 20.3 Å². The van der Waals surface area contributed by atoms with Gasteiger partial charge in [0.2, 0.25) is 5.91 Å². The minimum absolute atomic E-state index is 0.0142. The maximum atomic E-state index is 12.9. The second kappa shape index (κ2) is 8.99. The molecule has 1 unspecified atom stereocenters. The molecule has 1 aliphatic heterocycles. The molecule has 2 N–H and O–H groups in total. The number of likely N-dealkylation sites (tertiary alicyclic amines) is 1. The van der Waals surface area contributed by atoms with Crippen LogP contribution in [0.2, 0.25) is 0 Å². The maximum absolute atomic E-state index is 12.9. The Hall–Kier alpha value is -3.02. The van der Waals surface area contributed by atoms with Gasteiger partial charge in [-0.1, -0.05) is 30.3 Å². The lowest BCUT2D eigenvalue weighted by atomic mass is 9.81. The van der Waals surface area contributed by atoms with E-state index in [1.807, 2.05) is 56.3 Å². The number of carbonyl (C=O) groups excluding carboxylic acids is 2. The summed E-state index contributed by atoms with van der Waals surface area (Å²) in [6.07, 6.45) is 1.55. The summed E-state index contributed by atoms with van der Waals surface area (Å²) in [5, 5.41) is 5.96. The Kier molecular flexibility index (Phi) is 6.42. The first-order valence-corrected chi connectivity index (χ1v) is 9.94. The van der Waals surface area contributed by atoms with E-state index in [1.165, 1.54) is 0 Å². The summed E-state index contributed by atoms with van der Waals surface area (Å²) in [4.78, 5) is 27.4. The van der Waals surface area contributed by atoms with Crippen LogP contribution >= 0.6 is 0 Å². The number of benzene rings is 2. The van der Waals surface area contributed by atoms with Gasteiger partial charge in [0.15, 0.2) is 0 Å². The smallest absolute Gasteiger partial charge is 0.321 e. The summed E-state index contributed by atoms with van der Waals surface area (Å²) in [5.74, 6) is 0.668. The van der Waals surface area contributed by atoms with E-state index < -0.39 is 5.41 Å². The highest BCUT2D eigenvalue weighted by atomic mass is 16.5. The molecule has 6 heteroatoms. The van der Waals surface area contributed by atoms with Crippen LogP contribution in [0.3, 0.4) is 0 Å². The van der Waals surface area contributed by atoms with E-state index in [0.29, 0.717) is 31.1 Å². The summed E-state index contributed by atoms with van der Waals surface area (Å²) in [6, 6.07) is 15.1. The van der Waals surface area contributed by atoms with Crippen molar-refractivity contribution in [1.29, 1.82) is 0 Å². The van der Waals surface area contributed by atoms with Gasteiger partial charge in [0.1, 0.15) is 5.75 Å². The molecule has 2 aromatic carbocycles. The molecule has 1 fully saturated rings. The highest BCUT2D eigenvalue weighted by Crippen LogP contribution is 2.30. The summed E-state index contributed by atoms with van der Waals surface area (Å²) < 4.78 is 5.20. The van der Waals surface area contributed by atoms with Crippen LogP contribution in [0.4, 0.5) is 10.5 Å². The van der Waals surface area contributed by atoms with E-state index in [2.05, 4.69) is 10.6 Å². The fourth-order valence-electron chi connectivity index (χ4n) is 3.70. The Balaban J connectivity index is 1.61. The van der Waals surface area contributed by atoms with Crippen molar-refractivity contribution in [3.05, 3.63) is 59.7 Å². The fraction of sp³-hybridized carbons (Fsp3) is 0.391. The van der Waals surface area contributed by atoms with Crippen LogP contribution in [-0.4, -0.2) is 37.0 Å². The fourth-order valence-corrected chi connectivity index (χ4v) is 3.70. The van der Waals surface area contributed by atoms with Gasteiger partial charge in [0.05, 0.1) is 12.5 Å². The molecule has 0 saturated carbocycles. The van der Waals surface area contributed by atoms with Crippen LogP contribution in [0.15, 0.2) is 48.5 Å². The molecule has 1 saturated heterocycles. The van der Waals surface area contributed by atoms with Crippen LogP contribution in [0.1, 0.15) is 30.9 Å². The number of ether oxygens (including phenoxy) is 1. The van der Waals surface area contributed by atoms with Crippen molar-refractivity contribution in [2.75, 3.05) is 25.5 Å². The summed E-state index contributed by atoms with van der Waals surface area (Å²) in [7, 11) is 1.59. The zero-order chi connectivity index (χ0) is 20.9. The minimum Gasteiger partial charge on any atom is -0.497 e. The highest BCUT2D eigenvalue weighted by molar-refractivity contribution is 5.90. The number of anilines is 1. The Morgan fingerprint density at radius 3 is 2.72 bits per heavy atom. The molecule has 3 rings (SSSR count). The number of nitrogens with zero attached hydrogens (tertiary/aromatic N) is 1. The lowest BCUT2D eigenvalue weighted by Crippen LogP contribution is -2.52. The molecule has 0 bridgehead atoms. The van der Waals surface area contributed by atoms with Crippen LogP contribution in [0, 0.1) is 12.3 Å². The molecule has 2 aromatic rings. The van der Waals surface area contributed by atoms with E-state index in [1.54, 1.807) is 18.1 Å². The zero-order valence-electron chi connectivity index (χ0n) is 17.3. The molecule has 1 atom stereocenters. The molecule has 0 spiro atoms. The SMILES string of the molecule is COc1cccc(NC(=O)N2CCCC(C)(C(=O)NCc3ccccc3C)C2)c1. The monoisotopic (exact) mass is 395 g/mol. The molecule has 1 aliphatic rings. The largest absolute Gasteiger partial charge is 0.497 e. The Morgan fingerprint density at radius 1 is 1.17 bits per heavy atom. The third-order valence-electron chi connectivity index (χ3n) is 5.55. The second-order valence-corrected chi connectivity index (χ2v) is 7.86. The molecule has 3 amide bonds. The number of carbonyl (C=O) groups is 2. The average Bonchev–Trinajstić information content (AvgIpc) is 2.73. The third kappa shape index (κ3) is 5.08. The Labute approximate surface area is 172 Å². The number of piperidine rings is 1. The lowest BCUT2D eigenvalue weighted by molar-refractivity contribution is -0.132. The number of aryl methyl sites for hydroxylation is 1. The summed E-state index contributed by atoms with van der Waals surface area (Å²) >= 11 is 0. The first-order valence-electron chi connectivity index (χ1n) is 9.94. The number of hydrogen-bond donors (Lipinski definition) is 2. The van der Waals surface area contributed by atoms with E-state index in [-0.39, 0.29) is 11.9 Å². The highest BCUT2D eigenvalue weighted by Gasteiger charge is 2.39. The van der Waals surface area contributed by atoms with Crippen LogP contribution in [-0.2, 0) is 11.3 Å². The van der Waals surface area contributed by atoms with Crippen LogP contribution < -0.4 is 15.4 Å². The number of nitrogens with one attached hydrogen (secondary N) is 2. The van der Waals surface area contributed by atoms with Crippen molar-refractivity contribution in [1.82, 2.24) is 10.2 Å². The quantitative estimate of drug-likeness (QED) is 0.805. The van der Waals surface area contributed by atoms with Gasteiger partial charge in [-0.15, -0.1) is 0 Å². The molecular formula is C23H29N3O3. The van der Waals surface area contributed by atoms with E-state index in [4.69, 9.17) is 4.74 Å². The third-order valence-corrected chi connectivity index (χ3v) is 5.55. The standard InChI is InChI=1S/C23H29N3O3/c1-17-8-4-5-9-18(17)15-24-21(27)23(2)12-7-13-26(16-23)22(28)25-19-10-6-11-20(14-19)29-3/h4-6,8-11,14H,7,12-13,15-16H2,1-3H3,(H,24,27)(H,25,28). The number of rotatable bonds is 5. The van der Waals surface area contributed by atoms with Gasteiger partial charge in [-0.3, -0.25) is 4.79 Å². The topological polar surface area (TPSA) is 70.7 Å². The number of methoxy groups -OCH3 is 1. The zero-order valence-corrected chi connectivity index (χ0v) is 17.3. The first-order chi connectivity index (χ1) is 13.9. The van der Waals surface area contributed by atoms with Gasteiger partial charge in [-0.05, 0) is 49.9 Å². The predicted molar refractivity (Wildman–Crippen MR) is 114 cm³/mol. The van der Waals surface area contributed by atoms with Crippen molar-refractivity contribution >= 4 is 17.6 Å². The van der Waals surface area contributed by atoms with Gasteiger partial charge in [0.25, 0.3) is 0 Å². The number of amides is 3. The molecule has 29 heavy (non-hydrogen) atoms. The minimum atomic E-state index is -0.605. The molecule has 154 valence electrons. The van der Waals surface area contributed by atoms with Gasteiger partial charge in [0, 0.05) is 31.4 Å². The van der Waals surface area contributed by atoms with Crippen molar-refractivity contribution in [3.63, 3.8) is 0 Å². The normalized spacial score (nSPS) is 18.8. The molecule has 6 nitrogen and oxygen atoms in total. The van der Waals surface area contributed by atoms with Gasteiger partial charge >= 0.3 is 6.03 Å². The van der Waals surface area contributed by atoms with E-state index >= 15 is 0 Å². The summed E-state index contributed by atoms with van der Waals surface area (Å²) in [5.41, 5.74) is 2.33. The van der Waals surface area contributed by atoms with Crippen LogP contribution in [0.25, 0.3) is 0 Å². The van der Waals surface area contributed by atoms with Gasteiger partial charge in [-0.25, -0.2) is 4.79 Å². The Bertz CT molecular complexity index is 883. The van der Waals surface area contributed by atoms with Gasteiger partial charge in [-0.2, -0.15) is 0 Å². The van der Waals surface area contributed by atoms with E-state index in [9.17, 15) is 9.59 Å². The van der Waals surface area contributed by atoms with Crippen molar-refractivity contribution in [2.24, 2.45) is 5.41 Å². The maximum Gasteiger partial charge on any atom is 0.321 e. The second-order valence-electron chi connectivity index (χ2n) is 7.86. The number of urea groups is 1. The summed E-state index contributed by atoms with van der Waals surface area (Å²) in [6.45, 7) is 5.50. The van der Waals surface area contributed by atoms with Crippen LogP contribution in [0.5, 0.6) is 5.75 Å². The molecule has 0 radical (unpaired) electrons. The molecule has 0 aliphatic carbocycles. The molecule has 0 aromatic heterocycles.